The Labute approximate surface area is 119 Å². The van der Waals surface area contributed by atoms with Crippen LogP contribution < -0.4 is 9.04 Å². The van der Waals surface area contributed by atoms with Crippen LogP contribution in [0.1, 0.15) is 5.56 Å². The molecule has 2 aromatic carbocycles. The number of methoxy groups -OCH3 is 1. The average Bonchev–Trinajstić information content (AvgIpc) is 2.46. The largest absolute Gasteiger partial charge is 0.495 e. The summed E-state index contributed by atoms with van der Waals surface area (Å²) >= 11 is 0. The Kier molecular flexibility index (Phi) is 3.99. The third kappa shape index (κ3) is 2.49. The Morgan fingerprint density at radius 2 is 1.60 bits per heavy atom. The van der Waals surface area contributed by atoms with Gasteiger partial charge in [-0.25, -0.2) is 8.42 Å². The van der Waals surface area contributed by atoms with Crippen molar-refractivity contribution in [3.8, 4) is 5.75 Å². The first kappa shape index (κ1) is 14.4. The fourth-order valence-corrected chi connectivity index (χ4v) is 3.44. The summed E-state index contributed by atoms with van der Waals surface area (Å²) in [6.07, 6.45) is 0. The molecule has 5 heteroatoms. The van der Waals surface area contributed by atoms with Crippen molar-refractivity contribution in [2.24, 2.45) is 0 Å². The zero-order chi connectivity index (χ0) is 14.8. The van der Waals surface area contributed by atoms with Gasteiger partial charge < -0.3 is 4.74 Å². The molecule has 0 aromatic heterocycles. The highest BCUT2D eigenvalue weighted by Gasteiger charge is 2.24. The van der Waals surface area contributed by atoms with E-state index in [1.54, 1.807) is 49.4 Å². The van der Waals surface area contributed by atoms with Crippen molar-refractivity contribution in [3.05, 3.63) is 54.1 Å². The molecule has 0 fully saturated rings. The topological polar surface area (TPSA) is 46.6 Å². The molecule has 20 heavy (non-hydrogen) atoms. The molecule has 0 atom stereocenters. The first-order valence-corrected chi connectivity index (χ1v) is 7.60. The van der Waals surface area contributed by atoms with Crippen LogP contribution >= 0.6 is 0 Å². The van der Waals surface area contributed by atoms with Gasteiger partial charge >= 0.3 is 0 Å². The molecule has 0 N–H and O–H groups in total. The summed E-state index contributed by atoms with van der Waals surface area (Å²) in [5.74, 6) is 0.521. The molecular formula is C15H17NO3S. The Balaban J connectivity index is 2.52. The Bertz CT molecular complexity index is 711. The SMILES string of the molecule is COc1ccccc1N(C)S(=O)(=O)c1ccccc1C. The summed E-state index contributed by atoms with van der Waals surface area (Å²) in [4.78, 5) is 0.299. The van der Waals surface area contributed by atoms with Crippen LogP contribution in [0.5, 0.6) is 5.75 Å². The van der Waals surface area contributed by atoms with Crippen LogP contribution in [0.4, 0.5) is 5.69 Å². The van der Waals surface area contributed by atoms with E-state index in [1.807, 2.05) is 6.07 Å². The second-order valence-electron chi connectivity index (χ2n) is 4.41. The van der Waals surface area contributed by atoms with Crippen LogP contribution in [0.3, 0.4) is 0 Å². The van der Waals surface area contributed by atoms with E-state index >= 15 is 0 Å². The third-order valence-corrected chi connectivity index (χ3v) is 5.09. The lowest BCUT2D eigenvalue weighted by molar-refractivity contribution is 0.416. The van der Waals surface area contributed by atoms with Gasteiger partial charge in [-0.05, 0) is 30.7 Å². The van der Waals surface area contributed by atoms with E-state index < -0.39 is 10.0 Å². The van der Waals surface area contributed by atoms with E-state index in [9.17, 15) is 8.42 Å². The molecule has 0 aliphatic heterocycles. The van der Waals surface area contributed by atoms with Crippen molar-refractivity contribution in [2.75, 3.05) is 18.5 Å². The fraction of sp³-hybridized carbons (Fsp3) is 0.200. The Morgan fingerprint density at radius 3 is 2.25 bits per heavy atom. The highest BCUT2D eigenvalue weighted by molar-refractivity contribution is 7.92. The summed E-state index contributed by atoms with van der Waals surface area (Å²) in [6, 6.07) is 14.0. The van der Waals surface area contributed by atoms with Crippen molar-refractivity contribution in [3.63, 3.8) is 0 Å². The number of hydrogen-bond donors (Lipinski definition) is 0. The van der Waals surface area contributed by atoms with Gasteiger partial charge in [0.15, 0.2) is 0 Å². The number of rotatable bonds is 4. The van der Waals surface area contributed by atoms with Crippen molar-refractivity contribution in [1.29, 1.82) is 0 Å². The summed E-state index contributed by atoms with van der Waals surface area (Å²) in [7, 11) is -0.554. The molecule has 0 aliphatic rings. The predicted molar refractivity (Wildman–Crippen MR) is 79.8 cm³/mol. The second-order valence-corrected chi connectivity index (χ2v) is 6.35. The molecule has 0 unspecified atom stereocenters. The van der Waals surface area contributed by atoms with E-state index in [0.29, 0.717) is 21.9 Å². The molecular weight excluding hydrogens is 274 g/mol. The number of nitrogens with zero attached hydrogens (tertiary/aromatic N) is 1. The quantitative estimate of drug-likeness (QED) is 0.870. The van der Waals surface area contributed by atoms with Gasteiger partial charge in [-0.15, -0.1) is 0 Å². The molecule has 0 saturated heterocycles. The van der Waals surface area contributed by atoms with Crippen LogP contribution in [0.25, 0.3) is 0 Å². The third-order valence-electron chi connectivity index (χ3n) is 3.16. The molecule has 0 aliphatic carbocycles. The molecule has 106 valence electrons. The lowest BCUT2D eigenvalue weighted by Gasteiger charge is -2.22. The molecule has 4 nitrogen and oxygen atoms in total. The minimum absolute atomic E-state index is 0.299. The number of anilines is 1. The van der Waals surface area contributed by atoms with Crippen LogP contribution in [-0.2, 0) is 10.0 Å². The Hall–Kier alpha value is -2.01. The maximum atomic E-state index is 12.7. The van der Waals surface area contributed by atoms with Gasteiger partial charge in [0, 0.05) is 7.05 Å². The van der Waals surface area contributed by atoms with Crippen LogP contribution in [0.15, 0.2) is 53.4 Å². The molecule has 0 radical (unpaired) electrons. The summed E-state index contributed by atoms with van der Waals surface area (Å²) in [5, 5.41) is 0. The molecule has 0 saturated carbocycles. The molecule has 0 bridgehead atoms. The minimum atomic E-state index is -3.60. The Morgan fingerprint density at radius 1 is 1.00 bits per heavy atom. The van der Waals surface area contributed by atoms with E-state index in [0.717, 1.165) is 0 Å². The van der Waals surface area contributed by atoms with Gasteiger partial charge in [0.2, 0.25) is 0 Å². The van der Waals surface area contributed by atoms with Crippen molar-refractivity contribution < 1.29 is 13.2 Å². The number of hydrogen-bond acceptors (Lipinski definition) is 3. The van der Waals surface area contributed by atoms with Crippen LogP contribution in [0.2, 0.25) is 0 Å². The molecule has 2 aromatic rings. The van der Waals surface area contributed by atoms with Gasteiger partial charge in [0.25, 0.3) is 10.0 Å². The molecule has 0 spiro atoms. The number of benzene rings is 2. The number of aryl methyl sites for hydroxylation is 1. The lowest BCUT2D eigenvalue weighted by Crippen LogP contribution is -2.27. The van der Waals surface area contributed by atoms with Gasteiger partial charge in [-0.1, -0.05) is 30.3 Å². The first-order valence-electron chi connectivity index (χ1n) is 6.16. The standard InChI is InChI=1S/C15H17NO3S/c1-12-8-4-7-11-15(12)20(17,18)16(2)13-9-5-6-10-14(13)19-3/h4-11H,1-3H3. The van der Waals surface area contributed by atoms with Crippen molar-refractivity contribution >= 4 is 15.7 Å². The monoisotopic (exact) mass is 291 g/mol. The van der Waals surface area contributed by atoms with Crippen molar-refractivity contribution in [2.45, 2.75) is 11.8 Å². The number of sulfonamides is 1. The molecule has 0 amide bonds. The van der Waals surface area contributed by atoms with Crippen molar-refractivity contribution in [1.82, 2.24) is 0 Å². The first-order chi connectivity index (χ1) is 9.48. The van der Waals surface area contributed by atoms with Crippen LogP contribution in [0, 0.1) is 6.92 Å². The summed E-state index contributed by atoms with van der Waals surface area (Å²) < 4.78 is 31.8. The zero-order valence-electron chi connectivity index (χ0n) is 11.7. The van der Waals surface area contributed by atoms with Gasteiger partial charge in [-0.3, -0.25) is 4.31 Å². The number of ether oxygens (including phenoxy) is 1. The number of para-hydroxylation sites is 2. The predicted octanol–water partition coefficient (Wildman–Crippen LogP) is 2.83. The van der Waals surface area contributed by atoms with Gasteiger partial charge in [0.1, 0.15) is 5.75 Å². The van der Waals surface area contributed by atoms with E-state index in [4.69, 9.17) is 4.74 Å². The van der Waals surface area contributed by atoms with Crippen LogP contribution in [-0.4, -0.2) is 22.6 Å². The normalized spacial score (nSPS) is 11.2. The smallest absolute Gasteiger partial charge is 0.264 e. The molecule has 0 heterocycles. The second kappa shape index (κ2) is 5.54. The fourth-order valence-electron chi connectivity index (χ4n) is 2.01. The highest BCUT2D eigenvalue weighted by atomic mass is 32.2. The zero-order valence-corrected chi connectivity index (χ0v) is 12.5. The maximum absolute atomic E-state index is 12.7. The molecule has 2 rings (SSSR count). The van der Waals surface area contributed by atoms with E-state index in [2.05, 4.69) is 0 Å². The maximum Gasteiger partial charge on any atom is 0.264 e. The average molecular weight is 291 g/mol. The highest BCUT2D eigenvalue weighted by Crippen LogP contribution is 2.31. The lowest BCUT2D eigenvalue weighted by atomic mass is 10.2. The van der Waals surface area contributed by atoms with E-state index in [-0.39, 0.29) is 0 Å². The summed E-state index contributed by atoms with van der Waals surface area (Å²) in [6.45, 7) is 1.78. The minimum Gasteiger partial charge on any atom is -0.495 e. The van der Waals surface area contributed by atoms with Gasteiger partial charge in [-0.2, -0.15) is 0 Å². The summed E-state index contributed by atoms with van der Waals surface area (Å²) in [5.41, 5.74) is 1.23. The van der Waals surface area contributed by atoms with Gasteiger partial charge in [0.05, 0.1) is 17.7 Å². The van der Waals surface area contributed by atoms with E-state index in [1.165, 1.54) is 18.5 Å².